The maximum absolute atomic E-state index is 5.14. The van der Waals surface area contributed by atoms with Gasteiger partial charge in [0.25, 0.3) is 0 Å². The number of imidazole rings is 1. The van der Waals surface area contributed by atoms with Crippen molar-refractivity contribution in [2.75, 3.05) is 19.0 Å². The molecule has 0 radical (unpaired) electrons. The van der Waals surface area contributed by atoms with E-state index in [1.807, 2.05) is 12.3 Å². The molecule has 0 saturated carbocycles. The van der Waals surface area contributed by atoms with Gasteiger partial charge in [0, 0.05) is 38.7 Å². The molecule has 1 N–H and O–H groups in total. The summed E-state index contributed by atoms with van der Waals surface area (Å²) in [6.45, 7) is 6.33. The Balaban J connectivity index is 2.38. The summed E-state index contributed by atoms with van der Waals surface area (Å²) in [7, 11) is 1.64. The van der Waals surface area contributed by atoms with E-state index in [1.54, 1.807) is 13.3 Å². The van der Waals surface area contributed by atoms with E-state index in [0.29, 0.717) is 12.4 Å². The number of rotatable bonds is 7. The van der Waals surface area contributed by atoms with Crippen molar-refractivity contribution in [3.05, 3.63) is 24.3 Å². The van der Waals surface area contributed by atoms with E-state index in [1.165, 1.54) is 0 Å². The number of aryl methyl sites for hydroxylation is 1. The van der Waals surface area contributed by atoms with Gasteiger partial charge in [-0.1, -0.05) is 6.92 Å². The highest BCUT2D eigenvalue weighted by molar-refractivity contribution is 5.55. The molecule has 6 nitrogen and oxygen atoms in total. The van der Waals surface area contributed by atoms with E-state index >= 15 is 0 Å². The third-order valence-corrected chi connectivity index (χ3v) is 2.89. The number of anilines is 1. The summed E-state index contributed by atoms with van der Waals surface area (Å²) in [5.74, 6) is 2.33. The second-order valence-corrected chi connectivity index (χ2v) is 4.45. The van der Waals surface area contributed by atoms with Crippen molar-refractivity contribution < 1.29 is 4.74 Å². The van der Waals surface area contributed by atoms with Gasteiger partial charge in [-0.25, -0.2) is 15.0 Å². The van der Waals surface area contributed by atoms with Gasteiger partial charge in [-0.15, -0.1) is 0 Å². The molecule has 0 aliphatic carbocycles. The van der Waals surface area contributed by atoms with Crippen molar-refractivity contribution in [1.29, 1.82) is 0 Å². The van der Waals surface area contributed by atoms with Crippen LogP contribution in [0.1, 0.15) is 26.1 Å². The smallest absolute Gasteiger partial charge is 0.158 e. The zero-order valence-electron chi connectivity index (χ0n) is 12.3. The van der Waals surface area contributed by atoms with Gasteiger partial charge in [0.2, 0.25) is 0 Å². The molecule has 0 amide bonds. The molecular weight excluding hydrogens is 254 g/mol. The van der Waals surface area contributed by atoms with Crippen LogP contribution < -0.4 is 5.32 Å². The number of nitrogens with one attached hydrogen (secondary N) is 1. The van der Waals surface area contributed by atoms with E-state index in [-0.39, 0.29) is 0 Å². The first-order chi connectivity index (χ1) is 9.78. The summed E-state index contributed by atoms with van der Waals surface area (Å²) in [4.78, 5) is 13.3. The average molecular weight is 275 g/mol. The minimum Gasteiger partial charge on any atom is -0.377 e. The van der Waals surface area contributed by atoms with E-state index < -0.39 is 0 Å². The largest absolute Gasteiger partial charge is 0.377 e. The van der Waals surface area contributed by atoms with Crippen molar-refractivity contribution in [3.63, 3.8) is 0 Å². The quantitative estimate of drug-likeness (QED) is 0.840. The maximum Gasteiger partial charge on any atom is 0.158 e. The van der Waals surface area contributed by atoms with Crippen LogP contribution in [0.5, 0.6) is 0 Å². The van der Waals surface area contributed by atoms with Gasteiger partial charge in [-0.05, 0) is 13.3 Å². The zero-order valence-corrected chi connectivity index (χ0v) is 12.3. The van der Waals surface area contributed by atoms with Crippen LogP contribution >= 0.6 is 0 Å². The highest BCUT2D eigenvalue weighted by Crippen LogP contribution is 2.19. The van der Waals surface area contributed by atoms with Crippen LogP contribution in [-0.4, -0.2) is 33.2 Å². The third kappa shape index (κ3) is 3.33. The fourth-order valence-electron chi connectivity index (χ4n) is 1.95. The van der Waals surface area contributed by atoms with Gasteiger partial charge in [-0.3, -0.25) is 0 Å². The number of hydrogen-bond acceptors (Lipinski definition) is 5. The Bertz CT molecular complexity index is 552. The van der Waals surface area contributed by atoms with Crippen molar-refractivity contribution >= 4 is 5.82 Å². The first kappa shape index (κ1) is 14.5. The van der Waals surface area contributed by atoms with Crippen LogP contribution in [0, 0.1) is 0 Å². The Morgan fingerprint density at radius 1 is 1.30 bits per heavy atom. The monoisotopic (exact) mass is 275 g/mol. The van der Waals surface area contributed by atoms with Gasteiger partial charge in [0.1, 0.15) is 18.1 Å². The van der Waals surface area contributed by atoms with Crippen molar-refractivity contribution in [1.82, 2.24) is 19.5 Å². The molecule has 0 unspecified atom stereocenters. The molecule has 6 heteroatoms. The molecule has 0 aliphatic heterocycles. The molecule has 108 valence electrons. The first-order valence-electron chi connectivity index (χ1n) is 6.90. The summed E-state index contributed by atoms with van der Waals surface area (Å²) < 4.78 is 7.19. The van der Waals surface area contributed by atoms with Gasteiger partial charge in [0.15, 0.2) is 11.6 Å². The summed E-state index contributed by atoms with van der Waals surface area (Å²) in [6, 6.07) is 1.93. The molecular formula is C14H21N5O. The van der Waals surface area contributed by atoms with Crippen LogP contribution in [0.4, 0.5) is 5.82 Å². The topological polar surface area (TPSA) is 64.9 Å². The summed E-state index contributed by atoms with van der Waals surface area (Å²) in [6.07, 6.45) is 4.78. The Morgan fingerprint density at radius 3 is 2.85 bits per heavy atom. The molecule has 0 fully saturated rings. The van der Waals surface area contributed by atoms with Crippen LogP contribution in [0.3, 0.4) is 0 Å². The summed E-state index contributed by atoms with van der Waals surface area (Å²) in [5.41, 5.74) is 0.817. The van der Waals surface area contributed by atoms with Gasteiger partial charge in [-0.2, -0.15) is 0 Å². The Morgan fingerprint density at radius 2 is 2.15 bits per heavy atom. The minimum atomic E-state index is 0.390. The molecule has 2 aromatic rings. The molecule has 2 heterocycles. The standard InChI is InChI=1S/C14H21N5O/c1-4-6-15-12-9-11(17-13(18-12)10-20-3)14-16-7-8-19(14)5-2/h7-9H,4-6,10H2,1-3H3,(H,15,17,18). The molecule has 0 atom stereocenters. The second-order valence-electron chi connectivity index (χ2n) is 4.45. The van der Waals surface area contributed by atoms with Crippen LogP contribution in [0.25, 0.3) is 11.5 Å². The number of nitrogens with zero attached hydrogens (tertiary/aromatic N) is 4. The van der Waals surface area contributed by atoms with Crippen molar-refractivity contribution in [2.45, 2.75) is 33.4 Å². The summed E-state index contributed by atoms with van der Waals surface area (Å²) in [5, 5.41) is 3.29. The fourth-order valence-corrected chi connectivity index (χ4v) is 1.95. The van der Waals surface area contributed by atoms with Gasteiger partial charge in [0.05, 0.1) is 0 Å². The maximum atomic E-state index is 5.14. The Kier molecular flexibility index (Phi) is 5.06. The van der Waals surface area contributed by atoms with Crippen LogP contribution in [0.15, 0.2) is 18.5 Å². The van der Waals surface area contributed by atoms with Crippen LogP contribution in [0.2, 0.25) is 0 Å². The minimum absolute atomic E-state index is 0.390. The number of aromatic nitrogens is 4. The molecule has 20 heavy (non-hydrogen) atoms. The number of ether oxygens (including phenoxy) is 1. The first-order valence-corrected chi connectivity index (χ1v) is 6.90. The van der Waals surface area contributed by atoms with Crippen molar-refractivity contribution in [3.8, 4) is 11.5 Å². The normalized spacial score (nSPS) is 10.8. The molecule has 0 bridgehead atoms. The molecule has 2 aromatic heterocycles. The van der Waals surface area contributed by atoms with Gasteiger partial charge < -0.3 is 14.6 Å². The van der Waals surface area contributed by atoms with Crippen molar-refractivity contribution in [2.24, 2.45) is 0 Å². The Hall–Kier alpha value is -1.95. The second kappa shape index (κ2) is 7.00. The molecule has 0 aromatic carbocycles. The molecule has 2 rings (SSSR count). The highest BCUT2D eigenvalue weighted by atomic mass is 16.5. The van der Waals surface area contributed by atoms with E-state index in [2.05, 4.69) is 38.7 Å². The van der Waals surface area contributed by atoms with E-state index in [0.717, 1.165) is 36.8 Å². The Labute approximate surface area is 119 Å². The highest BCUT2D eigenvalue weighted by Gasteiger charge is 2.10. The fraction of sp³-hybridized carbons (Fsp3) is 0.500. The number of hydrogen-bond donors (Lipinski definition) is 1. The average Bonchev–Trinajstić information content (AvgIpc) is 2.93. The van der Waals surface area contributed by atoms with E-state index in [9.17, 15) is 0 Å². The zero-order chi connectivity index (χ0) is 14.4. The molecule has 0 aliphatic rings. The number of methoxy groups -OCH3 is 1. The SMILES string of the molecule is CCCNc1cc(-c2nccn2CC)nc(COC)n1. The van der Waals surface area contributed by atoms with Gasteiger partial charge >= 0.3 is 0 Å². The van der Waals surface area contributed by atoms with E-state index in [4.69, 9.17) is 4.74 Å². The third-order valence-electron chi connectivity index (χ3n) is 2.89. The molecule has 0 saturated heterocycles. The lowest BCUT2D eigenvalue weighted by Gasteiger charge is -2.10. The predicted molar refractivity (Wildman–Crippen MR) is 78.4 cm³/mol. The predicted octanol–water partition coefficient (Wildman–Crippen LogP) is 2.33. The lowest BCUT2D eigenvalue weighted by atomic mass is 10.3. The molecule has 0 spiro atoms. The summed E-state index contributed by atoms with van der Waals surface area (Å²) >= 11 is 0. The lowest BCUT2D eigenvalue weighted by molar-refractivity contribution is 0.178. The van der Waals surface area contributed by atoms with Crippen LogP contribution in [-0.2, 0) is 17.9 Å². The lowest BCUT2D eigenvalue weighted by Crippen LogP contribution is -2.08.